The van der Waals surface area contributed by atoms with E-state index in [1.165, 1.54) is 0 Å². The third kappa shape index (κ3) is 5.19. The van der Waals surface area contributed by atoms with Crippen LogP contribution in [-0.2, 0) is 4.79 Å². The highest BCUT2D eigenvalue weighted by Gasteiger charge is 2.26. The van der Waals surface area contributed by atoms with E-state index in [0.717, 1.165) is 0 Å². The number of carboxylic acids is 1. The van der Waals surface area contributed by atoms with Crippen LogP contribution in [-0.4, -0.2) is 30.1 Å². The molecule has 1 aromatic rings. The van der Waals surface area contributed by atoms with Crippen molar-refractivity contribution in [1.29, 1.82) is 0 Å². The Morgan fingerprint density at radius 1 is 1.33 bits per heavy atom. The number of amides is 1. The van der Waals surface area contributed by atoms with E-state index in [1.54, 1.807) is 38.1 Å². The SMILES string of the molecule is C#CCOc1ccc(C(=O)NCCC(C)(C)C(=O)O)cc1. The van der Waals surface area contributed by atoms with Crippen molar-refractivity contribution in [3.63, 3.8) is 0 Å². The van der Waals surface area contributed by atoms with Crippen LogP contribution in [0.15, 0.2) is 24.3 Å². The van der Waals surface area contributed by atoms with Crippen molar-refractivity contribution in [2.45, 2.75) is 20.3 Å². The maximum absolute atomic E-state index is 11.9. The monoisotopic (exact) mass is 289 g/mol. The molecule has 0 fully saturated rings. The van der Waals surface area contributed by atoms with Crippen molar-refractivity contribution >= 4 is 11.9 Å². The second-order valence-electron chi connectivity index (χ2n) is 5.21. The molecule has 0 spiro atoms. The maximum Gasteiger partial charge on any atom is 0.309 e. The molecule has 2 N–H and O–H groups in total. The second-order valence-corrected chi connectivity index (χ2v) is 5.21. The summed E-state index contributed by atoms with van der Waals surface area (Å²) in [4.78, 5) is 22.8. The number of benzene rings is 1. The van der Waals surface area contributed by atoms with Crippen LogP contribution in [0.1, 0.15) is 30.6 Å². The van der Waals surface area contributed by atoms with Gasteiger partial charge in [-0.1, -0.05) is 5.92 Å². The quantitative estimate of drug-likeness (QED) is 0.752. The lowest BCUT2D eigenvalue weighted by atomic mass is 9.90. The summed E-state index contributed by atoms with van der Waals surface area (Å²) < 4.78 is 5.21. The molecule has 21 heavy (non-hydrogen) atoms. The number of nitrogens with one attached hydrogen (secondary N) is 1. The Balaban J connectivity index is 2.49. The van der Waals surface area contributed by atoms with Gasteiger partial charge in [-0.3, -0.25) is 9.59 Å². The Labute approximate surface area is 124 Å². The molecule has 0 bridgehead atoms. The number of carbonyl (C=O) groups is 2. The first-order valence-electron chi connectivity index (χ1n) is 6.55. The molecule has 5 heteroatoms. The van der Waals surface area contributed by atoms with E-state index < -0.39 is 11.4 Å². The van der Waals surface area contributed by atoms with Crippen LogP contribution in [0.25, 0.3) is 0 Å². The molecule has 5 nitrogen and oxygen atoms in total. The third-order valence-electron chi connectivity index (χ3n) is 3.05. The summed E-state index contributed by atoms with van der Waals surface area (Å²) in [5.74, 6) is 1.82. The maximum atomic E-state index is 11.9. The number of hydrogen-bond acceptors (Lipinski definition) is 3. The molecule has 0 aromatic heterocycles. The van der Waals surface area contributed by atoms with Crippen LogP contribution in [0.5, 0.6) is 5.75 Å². The van der Waals surface area contributed by atoms with E-state index in [0.29, 0.717) is 24.3 Å². The summed E-state index contributed by atoms with van der Waals surface area (Å²) >= 11 is 0. The van der Waals surface area contributed by atoms with E-state index in [-0.39, 0.29) is 12.5 Å². The molecule has 1 rings (SSSR count). The minimum Gasteiger partial charge on any atom is -0.481 e. The van der Waals surface area contributed by atoms with E-state index in [1.807, 2.05) is 0 Å². The van der Waals surface area contributed by atoms with E-state index >= 15 is 0 Å². The minimum atomic E-state index is -0.883. The summed E-state index contributed by atoms with van der Waals surface area (Å²) in [5, 5.41) is 11.7. The van der Waals surface area contributed by atoms with E-state index in [9.17, 15) is 9.59 Å². The average Bonchev–Trinajstić information content (AvgIpc) is 2.45. The summed E-state index contributed by atoms with van der Waals surface area (Å²) in [6.07, 6.45) is 5.44. The molecule has 0 heterocycles. The smallest absolute Gasteiger partial charge is 0.309 e. The van der Waals surface area contributed by atoms with Crippen molar-refractivity contribution in [1.82, 2.24) is 5.32 Å². The molecule has 0 unspecified atom stereocenters. The first-order valence-corrected chi connectivity index (χ1v) is 6.55. The Hall–Kier alpha value is -2.48. The highest BCUT2D eigenvalue weighted by molar-refractivity contribution is 5.94. The van der Waals surface area contributed by atoms with Crippen LogP contribution in [0.2, 0.25) is 0 Å². The number of ether oxygens (including phenoxy) is 1. The van der Waals surface area contributed by atoms with Gasteiger partial charge in [0.05, 0.1) is 5.41 Å². The van der Waals surface area contributed by atoms with Gasteiger partial charge in [0.25, 0.3) is 5.91 Å². The topological polar surface area (TPSA) is 75.6 Å². The van der Waals surface area contributed by atoms with Gasteiger partial charge in [-0.05, 0) is 44.5 Å². The number of carbonyl (C=O) groups excluding carboxylic acids is 1. The highest BCUT2D eigenvalue weighted by Crippen LogP contribution is 2.19. The highest BCUT2D eigenvalue weighted by atomic mass is 16.5. The van der Waals surface area contributed by atoms with Crippen LogP contribution in [0.4, 0.5) is 0 Å². The Morgan fingerprint density at radius 3 is 2.48 bits per heavy atom. The molecule has 0 aliphatic carbocycles. The van der Waals surface area contributed by atoms with Crippen molar-refractivity contribution in [2.75, 3.05) is 13.2 Å². The third-order valence-corrected chi connectivity index (χ3v) is 3.05. The predicted molar refractivity (Wildman–Crippen MR) is 79.1 cm³/mol. The number of hydrogen-bond donors (Lipinski definition) is 2. The molecular formula is C16H19NO4. The molecule has 0 atom stereocenters. The Morgan fingerprint density at radius 2 is 1.95 bits per heavy atom. The Kier molecular flexibility index (Phi) is 5.79. The van der Waals surface area contributed by atoms with Crippen molar-refractivity contribution in [3.8, 4) is 18.1 Å². The number of aliphatic carboxylic acids is 1. The molecule has 1 amide bonds. The molecule has 1 aromatic carbocycles. The van der Waals surface area contributed by atoms with Crippen molar-refractivity contribution in [3.05, 3.63) is 29.8 Å². The van der Waals surface area contributed by atoms with Crippen LogP contribution in [0.3, 0.4) is 0 Å². The molecule has 0 aliphatic rings. The molecular weight excluding hydrogens is 270 g/mol. The molecule has 0 aliphatic heterocycles. The van der Waals surface area contributed by atoms with E-state index in [2.05, 4.69) is 11.2 Å². The normalized spacial score (nSPS) is 10.5. The largest absolute Gasteiger partial charge is 0.481 e. The van der Waals surface area contributed by atoms with Crippen LogP contribution in [0, 0.1) is 17.8 Å². The zero-order valence-electron chi connectivity index (χ0n) is 12.2. The number of carboxylic acid groups (broad SMARTS) is 1. The van der Waals surface area contributed by atoms with Gasteiger partial charge in [0.1, 0.15) is 12.4 Å². The second kappa shape index (κ2) is 7.34. The van der Waals surface area contributed by atoms with Gasteiger partial charge in [-0.2, -0.15) is 0 Å². The van der Waals surface area contributed by atoms with Crippen molar-refractivity contribution < 1.29 is 19.4 Å². The summed E-state index contributed by atoms with van der Waals surface area (Å²) in [7, 11) is 0. The fraction of sp³-hybridized carbons (Fsp3) is 0.375. The van der Waals surface area contributed by atoms with Gasteiger partial charge in [-0.15, -0.1) is 6.42 Å². The van der Waals surface area contributed by atoms with Gasteiger partial charge < -0.3 is 15.2 Å². The van der Waals surface area contributed by atoms with Gasteiger partial charge >= 0.3 is 5.97 Å². The first kappa shape index (κ1) is 16.6. The Bertz CT molecular complexity index is 540. The van der Waals surface area contributed by atoms with E-state index in [4.69, 9.17) is 16.3 Å². The molecule has 0 saturated carbocycles. The number of terminal acetylenes is 1. The summed E-state index contributed by atoms with van der Waals surface area (Å²) in [6, 6.07) is 6.58. The lowest BCUT2D eigenvalue weighted by Crippen LogP contribution is -2.31. The van der Waals surface area contributed by atoms with Gasteiger partial charge in [0.2, 0.25) is 0 Å². The summed E-state index contributed by atoms with van der Waals surface area (Å²) in [5.41, 5.74) is -0.378. The molecule has 0 radical (unpaired) electrons. The standard InChI is InChI=1S/C16H19NO4/c1-4-11-21-13-7-5-12(6-8-13)14(18)17-10-9-16(2,3)15(19)20/h1,5-8H,9-11H2,2-3H3,(H,17,18)(H,19,20). The van der Waals surface area contributed by atoms with Gasteiger partial charge in [0, 0.05) is 12.1 Å². The molecule has 112 valence electrons. The summed E-state index contributed by atoms with van der Waals surface area (Å²) in [6.45, 7) is 3.72. The number of rotatable bonds is 7. The van der Waals surface area contributed by atoms with Gasteiger partial charge in [0.15, 0.2) is 0 Å². The zero-order chi connectivity index (χ0) is 15.9. The van der Waals surface area contributed by atoms with Crippen molar-refractivity contribution in [2.24, 2.45) is 5.41 Å². The van der Waals surface area contributed by atoms with Gasteiger partial charge in [-0.25, -0.2) is 0 Å². The first-order chi connectivity index (χ1) is 9.86. The predicted octanol–water partition coefficient (Wildman–Crippen LogP) is 1.93. The minimum absolute atomic E-state index is 0.176. The lowest BCUT2D eigenvalue weighted by molar-refractivity contribution is -0.147. The lowest BCUT2D eigenvalue weighted by Gasteiger charge is -2.18. The van der Waals surface area contributed by atoms with Crippen LogP contribution < -0.4 is 10.1 Å². The fourth-order valence-corrected chi connectivity index (χ4v) is 1.53. The van der Waals surface area contributed by atoms with Crippen LogP contribution >= 0.6 is 0 Å². The zero-order valence-corrected chi connectivity index (χ0v) is 12.2. The molecule has 0 saturated heterocycles. The average molecular weight is 289 g/mol. The fourth-order valence-electron chi connectivity index (χ4n) is 1.53.